The van der Waals surface area contributed by atoms with E-state index in [1.54, 1.807) is 18.2 Å². The second-order valence-corrected chi connectivity index (χ2v) is 6.72. The van der Waals surface area contributed by atoms with Crippen LogP contribution in [-0.2, 0) is 0 Å². The van der Waals surface area contributed by atoms with Crippen LogP contribution in [0.25, 0.3) is 0 Å². The summed E-state index contributed by atoms with van der Waals surface area (Å²) in [6, 6.07) is 5.21. The Bertz CT molecular complexity index is 560. The van der Waals surface area contributed by atoms with Gasteiger partial charge in [-0.1, -0.05) is 11.6 Å². The summed E-state index contributed by atoms with van der Waals surface area (Å²) in [5.74, 6) is 0.431. The van der Waals surface area contributed by atoms with Gasteiger partial charge in [0.1, 0.15) is 0 Å². The lowest BCUT2D eigenvalue weighted by atomic mass is 9.85. The molecule has 5 heteroatoms. The van der Waals surface area contributed by atoms with Crippen LogP contribution in [0.1, 0.15) is 28.8 Å². The maximum Gasteiger partial charge on any atom is 0.251 e. The molecule has 2 aliphatic rings. The minimum absolute atomic E-state index is 0.109. The molecule has 0 heterocycles. The molecule has 1 amide bonds. The molecule has 2 aliphatic carbocycles. The summed E-state index contributed by atoms with van der Waals surface area (Å²) in [6.07, 6.45) is 0.524. The zero-order valence-corrected chi connectivity index (χ0v) is 12.7. The maximum absolute atomic E-state index is 12.2. The predicted molar refractivity (Wildman–Crippen MR) is 80.2 cm³/mol. The number of rotatable bonds is 3. The van der Waals surface area contributed by atoms with Crippen molar-refractivity contribution in [2.75, 3.05) is 6.54 Å². The third-order valence-electron chi connectivity index (χ3n) is 5.00. The van der Waals surface area contributed by atoms with Crippen molar-refractivity contribution >= 4 is 17.5 Å². The van der Waals surface area contributed by atoms with Gasteiger partial charge in [-0.25, -0.2) is 0 Å². The fourth-order valence-electron chi connectivity index (χ4n) is 3.78. The fraction of sp³-hybridized carbons (Fsp3) is 0.562. The van der Waals surface area contributed by atoms with Crippen molar-refractivity contribution in [2.24, 2.45) is 17.8 Å². The molecule has 0 unspecified atom stereocenters. The minimum atomic E-state index is -0.636. The van der Waals surface area contributed by atoms with E-state index in [1.807, 2.05) is 6.92 Å². The van der Waals surface area contributed by atoms with E-state index in [-0.39, 0.29) is 23.7 Å². The molecule has 5 atom stereocenters. The van der Waals surface area contributed by atoms with E-state index < -0.39 is 12.2 Å². The van der Waals surface area contributed by atoms with Gasteiger partial charge in [-0.2, -0.15) is 0 Å². The smallest absolute Gasteiger partial charge is 0.251 e. The topological polar surface area (TPSA) is 69.6 Å². The van der Waals surface area contributed by atoms with E-state index in [4.69, 9.17) is 11.6 Å². The Morgan fingerprint density at radius 1 is 1.33 bits per heavy atom. The van der Waals surface area contributed by atoms with E-state index >= 15 is 0 Å². The van der Waals surface area contributed by atoms with Gasteiger partial charge in [0.15, 0.2) is 0 Å². The number of aliphatic hydroxyl groups is 2. The number of nitrogens with one attached hydrogen (secondary N) is 1. The van der Waals surface area contributed by atoms with Crippen LogP contribution in [0.3, 0.4) is 0 Å². The van der Waals surface area contributed by atoms with Crippen molar-refractivity contribution in [3.05, 3.63) is 34.3 Å². The lowest BCUT2D eigenvalue weighted by molar-refractivity contribution is -0.0332. The number of aliphatic hydroxyl groups excluding tert-OH is 2. The van der Waals surface area contributed by atoms with Crippen LogP contribution < -0.4 is 5.32 Å². The normalized spacial score (nSPS) is 34.2. The Labute approximate surface area is 129 Å². The predicted octanol–water partition coefficient (Wildman–Crippen LogP) is 1.76. The molecule has 0 spiro atoms. The highest BCUT2D eigenvalue weighted by Gasteiger charge is 2.51. The van der Waals surface area contributed by atoms with Crippen LogP contribution in [0, 0.1) is 24.7 Å². The molecular formula is C16H20ClNO3. The van der Waals surface area contributed by atoms with Gasteiger partial charge in [0.05, 0.1) is 12.2 Å². The number of carbonyl (C=O) groups excluding carboxylic acids is 1. The van der Waals surface area contributed by atoms with Crippen molar-refractivity contribution in [3.8, 4) is 0 Å². The van der Waals surface area contributed by atoms with Crippen LogP contribution in [-0.4, -0.2) is 34.9 Å². The maximum atomic E-state index is 12.2. The standard InChI is InChI=1S/C16H20ClNO3/c1-8-4-9(2-3-13(8)17)16(21)18-7-11-5-10-6-12(11)15(20)14(10)19/h2-4,10-12,14-15,19-20H,5-7H2,1H3,(H,18,21)/t10-,11-,12-,14+,15-/m0/s1. The van der Waals surface area contributed by atoms with Gasteiger partial charge >= 0.3 is 0 Å². The van der Waals surface area contributed by atoms with Crippen LogP contribution in [0.4, 0.5) is 0 Å². The molecule has 0 radical (unpaired) electrons. The molecular weight excluding hydrogens is 290 g/mol. The van der Waals surface area contributed by atoms with Crippen molar-refractivity contribution in [2.45, 2.75) is 32.0 Å². The number of amides is 1. The first-order valence-corrected chi connectivity index (χ1v) is 7.75. The van der Waals surface area contributed by atoms with E-state index in [9.17, 15) is 15.0 Å². The third-order valence-corrected chi connectivity index (χ3v) is 5.43. The van der Waals surface area contributed by atoms with Crippen LogP contribution in [0.2, 0.25) is 5.02 Å². The number of aryl methyl sites for hydroxylation is 1. The van der Waals surface area contributed by atoms with E-state index in [2.05, 4.69) is 5.32 Å². The Morgan fingerprint density at radius 2 is 2.10 bits per heavy atom. The summed E-state index contributed by atoms with van der Waals surface area (Å²) in [7, 11) is 0. The third kappa shape index (κ3) is 2.68. The van der Waals surface area contributed by atoms with Crippen LogP contribution >= 0.6 is 11.6 Å². The van der Waals surface area contributed by atoms with Crippen LogP contribution in [0.15, 0.2) is 18.2 Å². The van der Waals surface area contributed by atoms with Gasteiger partial charge in [-0.15, -0.1) is 0 Å². The van der Waals surface area contributed by atoms with Crippen molar-refractivity contribution < 1.29 is 15.0 Å². The highest BCUT2D eigenvalue weighted by atomic mass is 35.5. The number of halogens is 1. The Balaban J connectivity index is 1.58. The molecule has 1 aromatic carbocycles. The SMILES string of the molecule is Cc1cc(C(=O)NC[C@@H]2C[C@H]3C[C@@H]2[C@H](O)[C@@H]3O)ccc1Cl. The van der Waals surface area contributed by atoms with Gasteiger partial charge in [-0.3, -0.25) is 4.79 Å². The largest absolute Gasteiger partial charge is 0.390 e. The second-order valence-electron chi connectivity index (χ2n) is 6.31. The lowest BCUT2D eigenvalue weighted by Gasteiger charge is -2.29. The first-order chi connectivity index (χ1) is 9.97. The summed E-state index contributed by atoms with van der Waals surface area (Å²) < 4.78 is 0. The summed E-state index contributed by atoms with van der Waals surface area (Å²) >= 11 is 5.96. The van der Waals surface area contributed by atoms with Gasteiger partial charge in [0.2, 0.25) is 0 Å². The van der Waals surface area contributed by atoms with E-state index in [0.717, 1.165) is 18.4 Å². The molecule has 2 bridgehead atoms. The van der Waals surface area contributed by atoms with Crippen molar-refractivity contribution in [1.29, 1.82) is 0 Å². The average molecular weight is 310 g/mol. The highest BCUT2D eigenvalue weighted by molar-refractivity contribution is 6.31. The molecule has 2 fully saturated rings. The van der Waals surface area contributed by atoms with Crippen molar-refractivity contribution in [3.63, 3.8) is 0 Å². The molecule has 4 nitrogen and oxygen atoms in total. The number of fused-ring (bicyclic) bond motifs is 2. The molecule has 3 N–H and O–H groups in total. The van der Waals surface area contributed by atoms with Gasteiger partial charge in [0.25, 0.3) is 5.91 Å². The molecule has 0 saturated heterocycles. The summed E-state index contributed by atoms with van der Waals surface area (Å²) in [5, 5.41) is 23.3. The molecule has 2 saturated carbocycles. The van der Waals surface area contributed by atoms with E-state index in [1.165, 1.54) is 0 Å². The molecule has 21 heavy (non-hydrogen) atoms. The zero-order chi connectivity index (χ0) is 15.1. The quantitative estimate of drug-likeness (QED) is 0.797. The summed E-state index contributed by atoms with van der Waals surface area (Å²) in [6.45, 7) is 2.41. The molecule has 0 aliphatic heterocycles. The number of benzene rings is 1. The van der Waals surface area contributed by atoms with Gasteiger partial charge < -0.3 is 15.5 Å². The monoisotopic (exact) mass is 309 g/mol. The second kappa shape index (κ2) is 5.59. The Kier molecular flexibility index (Phi) is 3.95. The zero-order valence-electron chi connectivity index (χ0n) is 11.9. The van der Waals surface area contributed by atoms with Crippen LogP contribution in [0.5, 0.6) is 0 Å². The average Bonchev–Trinajstić information content (AvgIpc) is 3.00. The van der Waals surface area contributed by atoms with Gasteiger partial charge in [-0.05, 0) is 61.3 Å². The summed E-state index contributed by atoms with van der Waals surface area (Å²) in [5.41, 5.74) is 1.48. The van der Waals surface area contributed by atoms with E-state index in [0.29, 0.717) is 17.1 Å². The molecule has 1 aromatic rings. The number of hydrogen-bond donors (Lipinski definition) is 3. The Morgan fingerprint density at radius 3 is 2.71 bits per heavy atom. The fourth-order valence-corrected chi connectivity index (χ4v) is 3.90. The van der Waals surface area contributed by atoms with Crippen molar-refractivity contribution in [1.82, 2.24) is 5.32 Å². The number of hydrogen-bond acceptors (Lipinski definition) is 3. The highest BCUT2D eigenvalue weighted by Crippen LogP contribution is 2.48. The first kappa shape index (κ1) is 14.8. The lowest BCUT2D eigenvalue weighted by Crippen LogP contribution is -2.41. The van der Waals surface area contributed by atoms with Gasteiger partial charge in [0, 0.05) is 17.1 Å². The summed E-state index contributed by atoms with van der Waals surface area (Å²) in [4.78, 5) is 12.2. The Hall–Kier alpha value is -1.10. The molecule has 3 rings (SSSR count). The molecule has 0 aromatic heterocycles. The minimum Gasteiger partial charge on any atom is -0.390 e. The molecule has 114 valence electrons. The number of carbonyl (C=O) groups is 1. The first-order valence-electron chi connectivity index (χ1n) is 7.38.